The van der Waals surface area contributed by atoms with E-state index in [1.807, 2.05) is 6.08 Å². The Kier molecular flexibility index (Phi) is 4.26. The van der Waals surface area contributed by atoms with Gasteiger partial charge in [-0.25, -0.2) is 0 Å². The molecule has 0 aromatic rings. The van der Waals surface area contributed by atoms with Crippen LogP contribution < -0.4 is 3.53 Å². The van der Waals surface area contributed by atoms with Crippen molar-refractivity contribution < 1.29 is 0 Å². The predicted octanol–water partition coefficient (Wildman–Crippen LogP) is 4.05. The van der Waals surface area contributed by atoms with Crippen LogP contribution >= 0.6 is 20.1 Å². The Hall–Kier alpha value is 0.170. The van der Waals surface area contributed by atoms with Crippen molar-refractivity contribution in [1.82, 2.24) is 3.53 Å². The van der Waals surface area contributed by atoms with Gasteiger partial charge in [-0.3, -0.25) is 0 Å². The van der Waals surface area contributed by atoms with Crippen molar-refractivity contribution in [1.29, 1.82) is 0 Å². The summed E-state index contributed by atoms with van der Waals surface area (Å²) >= 11 is -0.979. The topological polar surface area (TPSA) is 12.0 Å². The van der Waals surface area contributed by atoms with E-state index in [1.54, 1.807) is 0 Å². The monoisotopic (exact) mass is 319 g/mol. The second-order valence-electron chi connectivity index (χ2n) is 4.51. The predicted molar refractivity (Wildman–Crippen MR) is 76.3 cm³/mol. The summed E-state index contributed by atoms with van der Waals surface area (Å²) in [6.07, 6.45) is 9.32. The van der Waals surface area contributed by atoms with E-state index in [1.165, 1.54) is 37.7 Å². The Morgan fingerprint density at radius 3 is 3.00 bits per heavy atom. The van der Waals surface area contributed by atoms with Crippen molar-refractivity contribution in [2.24, 2.45) is 5.92 Å². The van der Waals surface area contributed by atoms with Crippen molar-refractivity contribution in [3.8, 4) is 0 Å². The van der Waals surface area contributed by atoms with Crippen LogP contribution in [-0.2, 0) is 0 Å². The molecule has 15 heavy (non-hydrogen) atoms. The van der Waals surface area contributed by atoms with Crippen molar-refractivity contribution in [2.45, 2.75) is 43.0 Å². The second kappa shape index (κ2) is 5.48. The summed E-state index contributed by atoms with van der Waals surface area (Å²) in [6.45, 7) is 7.35. The van der Waals surface area contributed by atoms with Gasteiger partial charge < -0.3 is 0 Å². The van der Waals surface area contributed by atoms with Crippen LogP contribution in [0.25, 0.3) is 0 Å². The molecule has 0 aromatic heterocycles. The van der Waals surface area contributed by atoms with Crippen LogP contribution in [0.2, 0.25) is 0 Å². The zero-order valence-corrected chi connectivity index (χ0v) is 11.8. The number of rotatable bonds is 3. The van der Waals surface area contributed by atoms with E-state index in [2.05, 4.69) is 21.1 Å². The molecule has 2 aliphatic rings. The molecule has 1 nitrogen and oxygen atoms in total. The van der Waals surface area contributed by atoms with Gasteiger partial charge in [-0.15, -0.1) is 0 Å². The van der Waals surface area contributed by atoms with Gasteiger partial charge in [-0.1, -0.05) is 0 Å². The summed E-state index contributed by atoms with van der Waals surface area (Å²) in [5.41, 5.74) is 1.46. The number of hydrogen-bond acceptors (Lipinski definition) is 1. The third-order valence-corrected chi connectivity index (χ3v) is 9.68. The van der Waals surface area contributed by atoms with Gasteiger partial charge in [0, 0.05) is 0 Å². The van der Waals surface area contributed by atoms with Gasteiger partial charge in [0.1, 0.15) is 0 Å². The quantitative estimate of drug-likeness (QED) is 0.470. The van der Waals surface area contributed by atoms with E-state index in [4.69, 9.17) is 0 Å². The van der Waals surface area contributed by atoms with E-state index in [0.29, 0.717) is 0 Å². The minimum absolute atomic E-state index is 0.979. The van der Waals surface area contributed by atoms with Gasteiger partial charge >= 0.3 is 101 Å². The molecular formula is C13H22IN. The maximum absolute atomic E-state index is 3.88. The first kappa shape index (κ1) is 11.6. The standard InChI is InChI=1S/C13H22IN/c1-3-11-9-14(15-10-11)13-8-6-5-7-12(13)4-2/h3,9,12-13,15H,1,4-8,10H2,2H3. The molecule has 2 unspecified atom stereocenters. The third kappa shape index (κ3) is 2.64. The van der Waals surface area contributed by atoms with E-state index >= 15 is 0 Å². The molecule has 1 saturated carbocycles. The Labute approximate surface area is 101 Å². The first-order chi connectivity index (χ1) is 7.35. The molecule has 0 bridgehead atoms. The first-order valence-electron chi connectivity index (χ1n) is 6.08. The molecule has 0 radical (unpaired) electrons. The molecule has 0 aromatic carbocycles. The number of halogens is 1. The van der Waals surface area contributed by atoms with Gasteiger partial charge in [0.15, 0.2) is 0 Å². The number of nitrogens with one attached hydrogen (secondary N) is 1. The van der Waals surface area contributed by atoms with Crippen LogP contribution in [0.4, 0.5) is 0 Å². The summed E-state index contributed by atoms with van der Waals surface area (Å²) in [5, 5.41) is 0. The van der Waals surface area contributed by atoms with Crippen molar-refractivity contribution in [3.63, 3.8) is 0 Å². The van der Waals surface area contributed by atoms with E-state index in [9.17, 15) is 0 Å². The first-order valence-corrected chi connectivity index (χ1v) is 9.65. The Balaban J connectivity index is 2.02. The molecule has 0 spiro atoms. The van der Waals surface area contributed by atoms with Crippen LogP contribution in [0.15, 0.2) is 22.3 Å². The summed E-state index contributed by atoms with van der Waals surface area (Å²) in [6, 6.07) is 0. The summed E-state index contributed by atoms with van der Waals surface area (Å²) in [4.78, 5) is 0. The molecule has 2 heteroatoms. The van der Waals surface area contributed by atoms with Crippen molar-refractivity contribution >= 4 is 20.1 Å². The fraction of sp³-hybridized carbons (Fsp3) is 0.692. The van der Waals surface area contributed by atoms with Gasteiger partial charge in [0.25, 0.3) is 0 Å². The number of hydrogen-bond donors (Lipinski definition) is 1. The van der Waals surface area contributed by atoms with E-state index < -0.39 is 20.1 Å². The minimum atomic E-state index is -0.979. The molecule has 1 heterocycles. The van der Waals surface area contributed by atoms with Gasteiger partial charge in [0.2, 0.25) is 0 Å². The van der Waals surface area contributed by atoms with Gasteiger partial charge in [0.05, 0.1) is 0 Å². The van der Waals surface area contributed by atoms with Crippen molar-refractivity contribution in [2.75, 3.05) is 6.54 Å². The third-order valence-electron chi connectivity index (χ3n) is 3.59. The Morgan fingerprint density at radius 2 is 2.33 bits per heavy atom. The van der Waals surface area contributed by atoms with Crippen LogP contribution in [-0.4, -0.2) is 10.5 Å². The zero-order chi connectivity index (χ0) is 10.7. The van der Waals surface area contributed by atoms with Crippen LogP contribution in [0.5, 0.6) is 0 Å². The molecule has 0 amide bonds. The molecule has 1 fully saturated rings. The van der Waals surface area contributed by atoms with Crippen LogP contribution in [0.1, 0.15) is 39.0 Å². The Morgan fingerprint density at radius 1 is 1.53 bits per heavy atom. The second-order valence-corrected chi connectivity index (χ2v) is 9.46. The van der Waals surface area contributed by atoms with Gasteiger partial charge in [-0.05, 0) is 0 Å². The molecule has 1 aliphatic heterocycles. The molecule has 2 atom stereocenters. The van der Waals surface area contributed by atoms with E-state index in [-0.39, 0.29) is 0 Å². The number of alkyl halides is 1. The molecular weight excluding hydrogens is 297 g/mol. The fourth-order valence-electron chi connectivity index (χ4n) is 2.61. The summed E-state index contributed by atoms with van der Waals surface area (Å²) in [5.74, 6) is 1.01. The SMILES string of the molecule is C=CC1=CI(C2CCCCC2CC)NC1. The molecule has 2 rings (SSSR count). The molecule has 86 valence electrons. The fourth-order valence-corrected chi connectivity index (χ4v) is 9.15. The van der Waals surface area contributed by atoms with Crippen LogP contribution in [0, 0.1) is 5.92 Å². The molecule has 1 aliphatic carbocycles. The molecule has 1 N–H and O–H groups in total. The Bertz CT molecular complexity index is 259. The summed E-state index contributed by atoms with van der Waals surface area (Å²) < 4.78 is 7.38. The molecule has 0 saturated heterocycles. The summed E-state index contributed by atoms with van der Waals surface area (Å²) in [7, 11) is 0. The normalized spacial score (nSPS) is 33.9. The van der Waals surface area contributed by atoms with Crippen LogP contribution in [0.3, 0.4) is 0 Å². The average Bonchev–Trinajstić information content (AvgIpc) is 2.77. The van der Waals surface area contributed by atoms with Gasteiger partial charge in [-0.2, -0.15) is 0 Å². The van der Waals surface area contributed by atoms with Crippen molar-refractivity contribution in [3.05, 3.63) is 22.3 Å². The zero-order valence-electron chi connectivity index (χ0n) is 9.64. The van der Waals surface area contributed by atoms with E-state index in [0.717, 1.165) is 16.4 Å². The maximum atomic E-state index is 3.88. The average molecular weight is 319 g/mol.